The number of hydrogen-bond donors (Lipinski definition) is 2. The van der Waals surface area contributed by atoms with Crippen molar-refractivity contribution < 1.29 is 14.7 Å². The van der Waals surface area contributed by atoms with E-state index in [0.29, 0.717) is 29.6 Å². The molecule has 0 spiro atoms. The Morgan fingerprint density at radius 1 is 1.42 bits per heavy atom. The third kappa shape index (κ3) is 2.12. The van der Waals surface area contributed by atoms with Crippen LogP contribution >= 0.6 is 11.6 Å². The highest BCUT2D eigenvalue weighted by Gasteiger charge is 2.46. The lowest BCUT2D eigenvalue weighted by Gasteiger charge is -2.38. The lowest BCUT2D eigenvalue weighted by atomic mass is 9.76. The van der Waals surface area contributed by atoms with Crippen molar-refractivity contribution in [1.29, 1.82) is 0 Å². The number of carboxylic acid groups (broad SMARTS) is 1. The first-order valence-corrected chi connectivity index (χ1v) is 6.83. The number of carbonyl (C=O) groups excluding carboxylic acids is 1. The molecule has 1 aromatic rings. The molecule has 0 saturated heterocycles. The summed E-state index contributed by atoms with van der Waals surface area (Å²) in [7, 11) is 0. The van der Waals surface area contributed by atoms with Crippen LogP contribution < -0.4 is 5.32 Å². The van der Waals surface area contributed by atoms with Crippen LogP contribution in [0.3, 0.4) is 0 Å². The van der Waals surface area contributed by atoms with Crippen molar-refractivity contribution in [2.75, 3.05) is 0 Å². The van der Waals surface area contributed by atoms with Gasteiger partial charge in [0.25, 0.3) is 5.91 Å². The van der Waals surface area contributed by atoms with Crippen LogP contribution in [-0.4, -0.2) is 27.1 Å². The molecule has 2 N–H and O–H groups in total. The Kier molecular flexibility index (Phi) is 2.82. The molecule has 2 aliphatic rings. The van der Waals surface area contributed by atoms with Crippen LogP contribution in [0.25, 0.3) is 0 Å². The number of amides is 1. The van der Waals surface area contributed by atoms with E-state index in [1.807, 2.05) is 4.57 Å². The molecule has 1 heterocycles. The van der Waals surface area contributed by atoms with Crippen molar-refractivity contribution in [3.63, 3.8) is 0 Å². The molecule has 0 unspecified atom stereocenters. The van der Waals surface area contributed by atoms with Gasteiger partial charge in [-0.25, -0.2) is 4.79 Å². The van der Waals surface area contributed by atoms with Gasteiger partial charge in [0.05, 0.1) is 5.02 Å². The number of nitrogens with zero attached hydrogens (tertiary/aromatic N) is 1. The molecule has 2 fully saturated rings. The van der Waals surface area contributed by atoms with E-state index >= 15 is 0 Å². The van der Waals surface area contributed by atoms with Crippen LogP contribution in [0.1, 0.15) is 48.6 Å². The van der Waals surface area contributed by atoms with E-state index in [1.54, 1.807) is 12.3 Å². The minimum atomic E-state index is -1.08. The minimum Gasteiger partial charge on any atom is -0.480 e. The summed E-state index contributed by atoms with van der Waals surface area (Å²) in [5, 5.41) is 12.4. The van der Waals surface area contributed by atoms with E-state index < -0.39 is 11.5 Å². The van der Waals surface area contributed by atoms with Gasteiger partial charge in [0, 0.05) is 12.2 Å². The largest absolute Gasteiger partial charge is 0.480 e. The highest BCUT2D eigenvalue weighted by Crippen LogP contribution is 2.38. The number of nitrogens with one attached hydrogen (secondary N) is 1. The molecule has 0 atom stereocenters. The van der Waals surface area contributed by atoms with Crippen molar-refractivity contribution in [3.8, 4) is 0 Å². The average molecular weight is 283 g/mol. The van der Waals surface area contributed by atoms with E-state index in [2.05, 4.69) is 5.32 Å². The van der Waals surface area contributed by atoms with Crippen LogP contribution in [0.15, 0.2) is 12.3 Å². The van der Waals surface area contributed by atoms with Crippen molar-refractivity contribution in [2.45, 2.75) is 43.7 Å². The molecule has 0 radical (unpaired) electrons. The van der Waals surface area contributed by atoms with Crippen LogP contribution in [0.4, 0.5) is 0 Å². The van der Waals surface area contributed by atoms with E-state index in [9.17, 15) is 14.7 Å². The first-order valence-electron chi connectivity index (χ1n) is 6.45. The van der Waals surface area contributed by atoms with Crippen LogP contribution in [0, 0.1) is 0 Å². The summed E-state index contributed by atoms with van der Waals surface area (Å²) >= 11 is 5.95. The molecule has 0 bridgehead atoms. The quantitative estimate of drug-likeness (QED) is 0.889. The summed E-state index contributed by atoms with van der Waals surface area (Å²) in [6.07, 6.45) is 5.63. The maximum atomic E-state index is 12.3. The van der Waals surface area contributed by atoms with Gasteiger partial charge in [-0.05, 0) is 38.2 Å². The molecular formula is C13H15ClN2O3. The predicted octanol–water partition coefficient (Wildman–Crippen LogP) is 2.21. The third-order valence-electron chi connectivity index (χ3n) is 3.96. The summed E-state index contributed by atoms with van der Waals surface area (Å²) in [5.74, 6) is -1.30. The van der Waals surface area contributed by atoms with Crippen molar-refractivity contribution in [1.82, 2.24) is 9.88 Å². The molecule has 6 heteroatoms. The number of aromatic nitrogens is 1. The van der Waals surface area contributed by atoms with E-state index in [0.717, 1.165) is 19.3 Å². The summed E-state index contributed by atoms with van der Waals surface area (Å²) in [4.78, 5) is 23.5. The van der Waals surface area contributed by atoms with Gasteiger partial charge >= 0.3 is 5.97 Å². The second-order valence-electron chi connectivity index (χ2n) is 5.38. The fourth-order valence-corrected chi connectivity index (χ4v) is 2.69. The molecular weight excluding hydrogens is 268 g/mol. The van der Waals surface area contributed by atoms with Gasteiger partial charge in [0.2, 0.25) is 0 Å². The Hall–Kier alpha value is -1.49. The van der Waals surface area contributed by atoms with Gasteiger partial charge in [-0.1, -0.05) is 11.6 Å². The fraction of sp³-hybridized carbons (Fsp3) is 0.538. The lowest BCUT2D eigenvalue weighted by molar-refractivity contribution is -0.148. The molecule has 0 aliphatic heterocycles. The van der Waals surface area contributed by atoms with Gasteiger partial charge in [0.1, 0.15) is 11.2 Å². The minimum absolute atomic E-state index is 0.329. The number of carboxylic acids is 1. The Morgan fingerprint density at radius 3 is 2.58 bits per heavy atom. The monoisotopic (exact) mass is 282 g/mol. The van der Waals surface area contributed by atoms with Gasteiger partial charge < -0.3 is 15.0 Å². The van der Waals surface area contributed by atoms with Crippen LogP contribution in [0.5, 0.6) is 0 Å². The summed E-state index contributed by atoms with van der Waals surface area (Å²) < 4.78 is 1.85. The number of aliphatic carboxylic acids is 1. The van der Waals surface area contributed by atoms with Gasteiger partial charge in [-0.3, -0.25) is 4.79 Å². The number of carbonyl (C=O) groups is 2. The molecule has 102 valence electrons. The summed E-state index contributed by atoms with van der Waals surface area (Å²) in [6.45, 7) is 0. The molecule has 5 nitrogen and oxygen atoms in total. The number of halogens is 1. The Bertz CT molecular complexity index is 544. The van der Waals surface area contributed by atoms with Crippen LogP contribution in [0.2, 0.25) is 5.02 Å². The first kappa shape index (κ1) is 12.5. The van der Waals surface area contributed by atoms with E-state index in [-0.39, 0.29) is 5.91 Å². The second-order valence-corrected chi connectivity index (χ2v) is 5.81. The Balaban J connectivity index is 1.82. The average Bonchev–Trinajstić information content (AvgIpc) is 3.06. The zero-order chi connectivity index (χ0) is 13.6. The topological polar surface area (TPSA) is 71.3 Å². The molecule has 2 saturated carbocycles. The van der Waals surface area contributed by atoms with Gasteiger partial charge in [-0.2, -0.15) is 0 Å². The maximum Gasteiger partial charge on any atom is 0.329 e. The molecule has 3 rings (SSSR count). The second kappa shape index (κ2) is 4.27. The summed E-state index contributed by atoms with van der Waals surface area (Å²) in [5.41, 5.74) is -0.623. The van der Waals surface area contributed by atoms with Gasteiger partial charge in [-0.15, -0.1) is 0 Å². The molecule has 1 aromatic heterocycles. The zero-order valence-corrected chi connectivity index (χ0v) is 11.1. The fourth-order valence-electron chi connectivity index (χ4n) is 2.49. The van der Waals surface area contributed by atoms with E-state index in [1.165, 1.54) is 0 Å². The zero-order valence-electron chi connectivity index (χ0n) is 10.4. The van der Waals surface area contributed by atoms with Gasteiger partial charge in [0.15, 0.2) is 0 Å². The number of hydrogen-bond acceptors (Lipinski definition) is 2. The predicted molar refractivity (Wildman–Crippen MR) is 69.4 cm³/mol. The summed E-state index contributed by atoms with van der Waals surface area (Å²) in [6, 6.07) is 1.93. The standard InChI is InChI=1S/C13H15ClN2O3/c14-8-6-10(16(7-8)9-2-3-9)11(17)15-13(12(18)19)4-1-5-13/h6-7,9H,1-5H2,(H,15,17)(H,18,19). The third-order valence-corrected chi connectivity index (χ3v) is 4.16. The molecule has 19 heavy (non-hydrogen) atoms. The highest BCUT2D eigenvalue weighted by atomic mass is 35.5. The maximum absolute atomic E-state index is 12.3. The van der Waals surface area contributed by atoms with Crippen molar-refractivity contribution >= 4 is 23.5 Å². The smallest absolute Gasteiger partial charge is 0.329 e. The first-order chi connectivity index (χ1) is 9.02. The molecule has 2 aliphatic carbocycles. The Morgan fingerprint density at radius 2 is 2.11 bits per heavy atom. The molecule has 1 amide bonds. The lowest BCUT2D eigenvalue weighted by Crippen LogP contribution is -2.59. The Labute approximate surface area is 115 Å². The number of rotatable bonds is 4. The molecule has 0 aromatic carbocycles. The highest BCUT2D eigenvalue weighted by molar-refractivity contribution is 6.31. The van der Waals surface area contributed by atoms with Crippen molar-refractivity contribution in [3.05, 3.63) is 23.0 Å². The van der Waals surface area contributed by atoms with Crippen molar-refractivity contribution in [2.24, 2.45) is 0 Å². The van der Waals surface area contributed by atoms with Crippen LogP contribution in [-0.2, 0) is 4.79 Å². The normalized spacial score (nSPS) is 20.7. The SMILES string of the molecule is O=C(NC1(C(=O)O)CCC1)c1cc(Cl)cn1C1CC1. The van der Waals surface area contributed by atoms with E-state index in [4.69, 9.17) is 11.6 Å².